The van der Waals surface area contributed by atoms with Crippen molar-refractivity contribution in [3.8, 4) is 0 Å². The van der Waals surface area contributed by atoms with Gasteiger partial charge in [0, 0.05) is 24.1 Å². The molecular weight excluding hydrogens is 242 g/mol. The number of nitrogens with one attached hydrogen (secondary N) is 2. The van der Waals surface area contributed by atoms with Gasteiger partial charge in [-0.25, -0.2) is 4.98 Å². The number of rotatable bonds is 0. The first-order chi connectivity index (χ1) is 6.84. The van der Waals surface area contributed by atoms with Crippen molar-refractivity contribution in [2.75, 3.05) is 18.4 Å². The molecule has 0 aromatic carbocycles. The summed E-state index contributed by atoms with van der Waals surface area (Å²) in [5, 5.41) is 6.93. The third-order valence-electron chi connectivity index (χ3n) is 3.10. The van der Waals surface area contributed by atoms with Crippen molar-refractivity contribution in [1.82, 2.24) is 10.3 Å². The summed E-state index contributed by atoms with van der Waals surface area (Å²) < 4.78 is 0.912. The zero-order valence-corrected chi connectivity index (χ0v) is 9.34. The first-order valence-electron chi connectivity index (χ1n) is 4.98. The van der Waals surface area contributed by atoms with Crippen LogP contribution in [0.4, 0.5) is 5.82 Å². The maximum atomic E-state index is 4.46. The molecule has 0 saturated carbocycles. The largest absolute Gasteiger partial charge is 0.366 e. The fourth-order valence-electron chi connectivity index (χ4n) is 2.39. The number of hydrogen-bond donors (Lipinski definition) is 2. The summed E-state index contributed by atoms with van der Waals surface area (Å²) in [5.41, 5.74) is 1.37. The van der Waals surface area contributed by atoms with E-state index < -0.39 is 0 Å². The summed E-state index contributed by atoms with van der Waals surface area (Å²) in [5.74, 6) is 1.68. The summed E-state index contributed by atoms with van der Waals surface area (Å²) in [7, 11) is 0. The highest BCUT2D eigenvalue weighted by Crippen LogP contribution is 2.37. The summed E-state index contributed by atoms with van der Waals surface area (Å²) in [6, 6.07) is 4.79. The van der Waals surface area contributed by atoms with Crippen LogP contribution in [-0.2, 0) is 0 Å². The Morgan fingerprint density at radius 2 is 2.36 bits per heavy atom. The molecule has 74 valence electrons. The number of anilines is 1. The van der Waals surface area contributed by atoms with Gasteiger partial charge >= 0.3 is 0 Å². The van der Waals surface area contributed by atoms with Crippen LogP contribution in [-0.4, -0.2) is 24.1 Å². The van der Waals surface area contributed by atoms with E-state index in [2.05, 4.69) is 37.6 Å². The van der Waals surface area contributed by atoms with Crippen molar-refractivity contribution in [2.45, 2.75) is 18.4 Å². The van der Waals surface area contributed by atoms with Crippen LogP contribution in [0, 0.1) is 0 Å². The first kappa shape index (κ1) is 8.68. The SMILES string of the molecule is Brc1ccc2c(n1)NC1CCNCC21. The average molecular weight is 254 g/mol. The lowest BCUT2D eigenvalue weighted by Crippen LogP contribution is -2.38. The van der Waals surface area contributed by atoms with Crippen LogP contribution in [0.2, 0.25) is 0 Å². The van der Waals surface area contributed by atoms with E-state index in [1.165, 1.54) is 12.0 Å². The Bertz CT molecular complexity index is 366. The number of fused-ring (bicyclic) bond motifs is 3. The monoisotopic (exact) mass is 253 g/mol. The molecule has 1 fully saturated rings. The Morgan fingerprint density at radius 3 is 3.29 bits per heavy atom. The zero-order chi connectivity index (χ0) is 9.54. The van der Waals surface area contributed by atoms with Gasteiger partial charge < -0.3 is 10.6 Å². The molecule has 0 radical (unpaired) electrons. The molecule has 0 aliphatic carbocycles. The second-order valence-corrected chi connectivity index (χ2v) is 4.73. The molecule has 0 bridgehead atoms. The van der Waals surface area contributed by atoms with Gasteiger partial charge in [-0.3, -0.25) is 0 Å². The van der Waals surface area contributed by atoms with Crippen LogP contribution >= 0.6 is 15.9 Å². The highest BCUT2D eigenvalue weighted by atomic mass is 79.9. The standard InChI is InChI=1S/C10H12BrN3/c11-9-2-1-6-7-5-12-4-3-8(7)13-10(6)14-9/h1-2,7-8,12H,3-5H2,(H,13,14). The lowest BCUT2D eigenvalue weighted by atomic mass is 9.91. The Kier molecular flexibility index (Phi) is 1.99. The van der Waals surface area contributed by atoms with Crippen molar-refractivity contribution in [3.63, 3.8) is 0 Å². The fraction of sp³-hybridized carbons (Fsp3) is 0.500. The van der Waals surface area contributed by atoms with Gasteiger partial charge in [-0.2, -0.15) is 0 Å². The van der Waals surface area contributed by atoms with Crippen LogP contribution in [0.25, 0.3) is 0 Å². The molecule has 0 amide bonds. The van der Waals surface area contributed by atoms with Gasteiger partial charge in [0.05, 0.1) is 0 Å². The molecule has 1 saturated heterocycles. The molecule has 0 spiro atoms. The van der Waals surface area contributed by atoms with E-state index >= 15 is 0 Å². The van der Waals surface area contributed by atoms with Gasteiger partial charge in [0.2, 0.25) is 0 Å². The maximum Gasteiger partial charge on any atom is 0.131 e. The van der Waals surface area contributed by atoms with E-state index in [-0.39, 0.29) is 0 Å². The number of piperidine rings is 1. The van der Waals surface area contributed by atoms with Gasteiger partial charge in [-0.1, -0.05) is 6.07 Å². The number of hydrogen-bond acceptors (Lipinski definition) is 3. The molecule has 1 aromatic rings. The molecule has 14 heavy (non-hydrogen) atoms. The van der Waals surface area contributed by atoms with E-state index in [0.29, 0.717) is 12.0 Å². The third-order valence-corrected chi connectivity index (χ3v) is 3.54. The third kappa shape index (κ3) is 1.25. The molecule has 2 aliphatic heterocycles. The minimum atomic E-state index is 0.591. The smallest absolute Gasteiger partial charge is 0.131 e. The van der Waals surface area contributed by atoms with Crippen LogP contribution in [0.5, 0.6) is 0 Å². The van der Waals surface area contributed by atoms with Crippen molar-refractivity contribution >= 4 is 21.7 Å². The van der Waals surface area contributed by atoms with Gasteiger partial charge in [0.15, 0.2) is 0 Å². The summed E-state index contributed by atoms with van der Waals surface area (Å²) >= 11 is 3.40. The summed E-state index contributed by atoms with van der Waals surface area (Å²) in [6.45, 7) is 2.19. The Morgan fingerprint density at radius 1 is 1.43 bits per heavy atom. The quantitative estimate of drug-likeness (QED) is 0.692. The van der Waals surface area contributed by atoms with Gasteiger partial charge in [-0.15, -0.1) is 0 Å². The van der Waals surface area contributed by atoms with Crippen molar-refractivity contribution < 1.29 is 0 Å². The normalized spacial score (nSPS) is 29.2. The zero-order valence-electron chi connectivity index (χ0n) is 7.76. The minimum Gasteiger partial charge on any atom is -0.366 e. The first-order valence-corrected chi connectivity index (χ1v) is 5.77. The topological polar surface area (TPSA) is 37.0 Å². The number of nitrogens with zero attached hydrogens (tertiary/aromatic N) is 1. The molecule has 3 rings (SSSR count). The molecule has 3 heterocycles. The summed E-state index contributed by atoms with van der Waals surface area (Å²) in [4.78, 5) is 4.46. The Balaban J connectivity index is 2.01. The van der Waals surface area contributed by atoms with Crippen LogP contribution in [0.15, 0.2) is 16.7 Å². The summed E-state index contributed by atoms with van der Waals surface area (Å²) in [6.07, 6.45) is 1.19. The lowest BCUT2D eigenvalue weighted by molar-refractivity contribution is 0.440. The van der Waals surface area contributed by atoms with Crippen LogP contribution in [0.3, 0.4) is 0 Å². The average Bonchev–Trinajstić information content (AvgIpc) is 2.54. The highest BCUT2D eigenvalue weighted by molar-refractivity contribution is 9.10. The second-order valence-electron chi connectivity index (χ2n) is 3.92. The van der Waals surface area contributed by atoms with Crippen LogP contribution in [0.1, 0.15) is 17.9 Å². The lowest BCUT2D eigenvalue weighted by Gasteiger charge is -2.25. The van der Waals surface area contributed by atoms with E-state index in [0.717, 1.165) is 23.5 Å². The fourth-order valence-corrected chi connectivity index (χ4v) is 2.70. The van der Waals surface area contributed by atoms with Crippen molar-refractivity contribution in [3.05, 3.63) is 22.3 Å². The maximum absolute atomic E-state index is 4.46. The van der Waals surface area contributed by atoms with E-state index in [1.807, 2.05) is 6.07 Å². The van der Waals surface area contributed by atoms with E-state index in [1.54, 1.807) is 0 Å². The Labute approximate surface area is 91.4 Å². The van der Waals surface area contributed by atoms with Gasteiger partial charge in [0.1, 0.15) is 10.4 Å². The highest BCUT2D eigenvalue weighted by Gasteiger charge is 2.34. The molecule has 3 nitrogen and oxygen atoms in total. The van der Waals surface area contributed by atoms with Gasteiger partial charge in [0.25, 0.3) is 0 Å². The molecule has 2 N–H and O–H groups in total. The number of aromatic nitrogens is 1. The predicted octanol–water partition coefficient (Wildman–Crippen LogP) is 1.72. The van der Waals surface area contributed by atoms with Crippen molar-refractivity contribution in [2.24, 2.45) is 0 Å². The molecular formula is C10H12BrN3. The predicted molar refractivity (Wildman–Crippen MR) is 59.6 cm³/mol. The van der Waals surface area contributed by atoms with E-state index in [9.17, 15) is 0 Å². The molecule has 2 atom stereocenters. The molecule has 2 aliphatic rings. The molecule has 4 heteroatoms. The molecule has 1 aromatic heterocycles. The van der Waals surface area contributed by atoms with E-state index in [4.69, 9.17) is 0 Å². The Hall–Kier alpha value is -0.610. The van der Waals surface area contributed by atoms with Crippen LogP contribution < -0.4 is 10.6 Å². The minimum absolute atomic E-state index is 0.591. The van der Waals surface area contributed by atoms with Gasteiger partial charge in [-0.05, 0) is 35.0 Å². The molecule has 2 unspecified atom stereocenters. The number of pyridine rings is 1. The van der Waals surface area contributed by atoms with Crippen molar-refractivity contribution in [1.29, 1.82) is 0 Å². The number of halogens is 1. The second kappa shape index (κ2) is 3.21.